The van der Waals surface area contributed by atoms with Gasteiger partial charge in [-0.05, 0) is 49.5 Å². The molecule has 0 atom stereocenters. The standard InChI is InChI=1S/C19H23N3OS3/c1-3-4-8-13-11-6-5-7-12(11)14-15-16(26-17(14)20-13)18(25-10-9-23)22-19(21-15)24-2/h23H,3-10H2,1-2H3. The number of aromatic nitrogens is 3. The van der Waals surface area contributed by atoms with Crippen LogP contribution in [0.3, 0.4) is 0 Å². The molecule has 0 spiro atoms. The Hall–Kier alpha value is -0.890. The number of unbranched alkanes of at least 4 members (excludes halogenated alkanes) is 1. The first-order chi connectivity index (χ1) is 12.8. The largest absolute Gasteiger partial charge is 0.396 e. The third kappa shape index (κ3) is 3.23. The van der Waals surface area contributed by atoms with Crippen molar-refractivity contribution >= 4 is 55.3 Å². The van der Waals surface area contributed by atoms with Crippen molar-refractivity contribution in [3.63, 3.8) is 0 Å². The number of nitrogens with zero attached hydrogens (tertiary/aromatic N) is 3. The van der Waals surface area contributed by atoms with Gasteiger partial charge in [0, 0.05) is 16.8 Å². The lowest BCUT2D eigenvalue weighted by Crippen LogP contribution is -1.99. The number of fused-ring (bicyclic) bond motifs is 5. The molecule has 0 unspecified atom stereocenters. The minimum atomic E-state index is 0.157. The van der Waals surface area contributed by atoms with Crippen LogP contribution in [0.2, 0.25) is 0 Å². The maximum absolute atomic E-state index is 9.23. The molecular formula is C19H23N3OS3. The summed E-state index contributed by atoms with van der Waals surface area (Å²) in [4.78, 5) is 15.8. The number of pyridine rings is 1. The van der Waals surface area contributed by atoms with E-state index in [1.165, 1.54) is 41.5 Å². The molecule has 0 saturated carbocycles. The Morgan fingerprint density at radius 3 is 2.77 bits per heavy atom. The predicted octanol–water partition coefficient (Wildman–Crippen LogP) is 4.88. The van der Waals surface area contributed by atoms with Crippen LogP contribution in [0, 0.1) is 0 Å². The zero-order valence-corrected chi connectivity index (χ0v) is 17.6. The van der Waals surface area contributed by atoms with Crippen molar-refractivity contribution in [3.8, 4) is 0 Å². The van der Waals surface area contributed by atoms with Gasteiger partial charge in [-0.3, -0.25) is 0 Å². The van der Waals surface area contributed by atoms with Crippen LogP contribution in [0.5, 0.6) is 0 Å². The topological polar surface area (TPSA) is 58.9 Å². The van der Waals surface area contributed by atoms with Crippen molar-refractivity contribution in [3.05, 3.63) is 16.8 Å². The summed E-state index contributed by atoms with van der Waals surface area (Å²) >= 11 is 4.91. The maximum Gasteiger partial charge on any atom is 0.189 e. The van der Waals surface area contributed by atoms with E-state index in [2.05, 4.69) is 6.92 Å². The number of rotatable bonds is 7. The highest BCUT2D eigenvalue weighted by atomic mass is 32.2. The van der Waals surface area contributed by atoms with E-state index >= 15 is 0 Å². The van der Waals surface area contributed by atoms with Gasteiger partial charge in [0.15, 0.2) is 5.16 Å². The number of aryl methyl sites for hydroxylation is 2. The van der Waals surface area contributed by atoms with Gasteiger partial charge in [-0.25, -0.2) is 15.0 Å². The summed E-state index contributed by atoms with van der Waals surface area (Å²) in [6.45, 7) is 2.40. The number of hydrogen-bond donors (Lipinski definition) is 1. The molecule has 3 aromatic rings. The summed E-state index contributed by atoms with van der Waals surface area (Å²) in [5, 5.41) is 12.3. The Labute approximate surface area is 166 Å². The zero-order valence-electron chi connectivity index (χ0n) is 15.2. The Bertz CT molecular complexity index is 954. The van der Waals surface area contributed by atoms with Crippen LogP contribution in [-0.2, 0) is 19.3 Å². The van der Waals surface area contributed by atoms with Crippen LogP contribution < -0.4 is 0 Å². The van der Waals surface area contributed by atoms with Crippen LogP contribution in [0.15, 0.2) is 10.2 Å². The van der Waals surface area contributed by atoms with Gasteiger partial charge in [0.1, 0.15) is 9.86 Å². The second-order valence-corrected chi connectivity index (χ2v) is 9.38. The molecule has 0 aromatic carbocycles. The van der Waals surface area contributed by atoms with Crippen LogP contribution >= 0.6 is 34.9 Å². The van der Waals surface area contributed by atoms with Crippen molar-refractivity contribution in [2.75, 3.05) is 18.6 Å². The van der Waals surface area contributed by atoms with Crippen molar-refractivity contribution in [1.82, 2.24) is 15.0 Å². The molecule has 0 fully saturated rings. The number of thioether (sulfide) groups is 2. The van der Waals surface area contributed by atoms with E-state index < -0.39 is 0 Å². The molecule has 26 heavy (non-hydrogen) atoms. The Balaban J connectivity index is 1.97. The SMILES string of the molecule is CCCCc1nc2sc3c(SCCO)nc(SC)nc3c2c2c1CCC2. The molecule has 4 nitrogen and oxygen atoms in total. The van der Waals surface area contributed by atoms with Crippen molar-refractivity contribution < 1.29 is 5.11 Å². The molecule has 3 heterocycles. The average molecular weight is 406 g/mol. The molecule has 1 aliphatic carbocycles. The highest BCUT2D eigenvalue weighted by Crippen LogP contribution is 2.42. The van der Waals surface area contributed by atoms with Gasteiger partial charge in [-0.1, -0.05) is 25.1 Å². The van der Waals surface area contributed by atoms with Gasteiger partial charge in [0.2, 0.25) is 0 Å². The highest BCUT2D eigenvalue weighted by Gasteiger charge is 2.24. The van der Waals surface area contributed by atoms with Crippen LogP contribution in [0.1, 0.15) is 43.0 Å². The summed E-state index contributed by atoms with van der Waals surface area (Å²) in [6, 6.07) is 0. The third-order valence-corrected chi connectivity index (χ3v) is 7.56. The number of hydrogen-bond acceptors (Lipinski definition) is 7. The molecule has 0 bridgehead atoms. The van der Waals surface area contributed by atoms with Crippen molar-refractivity contribution in [2.45, 2.75) is 55.6 Å². The molecule has 3 aromatic heterocycles. The fraction of sp³-hybridized carbons (Fsp3) is 0.526. The highest BCUT2D eigenvalue weighted by molar-refractivity contribution is 7.99. The Morgan fingerprint density at radius 1 is 1.15 bits per heavy atom. The molecule has 4 rings (SSSR count). The quantitative estimate of drug-likeness (QED) is 0.343. The lowest BCUT2D eigenvalue weighted by atomic mass is 10.0. The minimum absolute atomic E-state index is 0.157. The predicted molar refractivity (Wildman–Crippen MR) is 113 cm³/mol. The van der Waals surface area contributed by atoms with E-state index in [1.807, 2.05) is 6.26 Å². The molecule has 138 valence electrons. The summed E-state index contributed by atoms with van der Waals surface area (Å²) < 4.78 is 1.13. The third-order valence-electron chi connectivity index (χ3n) is 4.85. The van der Waals surface area contributed by atoms with Crippen LogP contribution in [0.4, 0.5) is 0 Å². The summed E-state index contributed by atoms with van der Waals surface area (Å²) in [7, 11) is 0. The molecular weight excluding hydrogens is 382 g/mol. The maximum atomic E-state index is 9.23. The second kappa shape index (κ2) is 8.00. The van der Waals surface area contributed by atoms with Crippen LogP contribution in [-0.4, -0.2) is 38.7 Å². The number of aliphatic hydroxyl groups is 1. The van der Waals surface area contributed by atoms with E-state index in [-0.39, 0.29) is 6.61 Å². The Morgan fingerprint density at radius 2 is 2.00 bits per heavy atom. The van der Waals surface area contributed by atoms with E-state index in [1.54, 1.807) is 34.9 Å². The monoisotopic (exact) mass is 405 g/mol. The molecule has 0 amide bonds. The molecule has 0 saturated heterocycles. The van der Waals surface area contributed by atoms with Gasteiger partial charge in [-0.2, -0.15) is 0 Å². The second-order valence-electron chi connectivity index (χ2n) is 6.52. The molecule has 7 heteroatoms. The fourth-order valence-electron chi connectivity index (χ4n) is 3.68. The Kier molecular flexibility index (Phi) is 5.69. The van der Waals surface area contributed by atoms with E-state index in [9.17, 15) is 5.11 Å². The molecule has 1 N–H and O–H groups in total. The summed E-state index contributed by atoms with van der Waals surface area (Å²) in [5.41, 5.74) is 5.34. The first kappa shape index (κ1) is 18.5. The molecule has 1 aliphatic rings. The number of aliphatic hydroxyl groups excluding tert-OH is 1. The van der Waals surface area contributed by atoms with Gasteiger partial charge < -0.3 is 5.11 Å². The lowest BCUT2D eigenvalue weighted by Gasteiger charge is -2.09. The van der Waals surface area contributed by atoms with Crippen LogP contribution in [0.25, 0.3) is 20.4 Å². The van der Waals surface area contributed by atoms with Gasteiger partial charge >= 0.3 is 0 Å². The van der Waals surface area contributed by atoms with Gasteiger partial charge in [0.25, 0.3) is 0 Å². The molecule has 0 aliphatic heterocycles. The zero-order chi connectivity index (χ0) is 18.1. The first-order valence-electron chi connectivity index (χ1n) is 9.19. The first-order valence-corrected chi connectivity index (χ1v) is 12.2. The minimum Gasteiger partial charge on any atom is -0.396 e. The average Bonchev–Trinajstić information content (AvgIpc) is 3.27. The summed E-state index contributed by atoms with van der Waals surface area (Å²) in [6.07, 6.45) is 9.01. The van der Waals surface area contributed by atoms with E-state index in [0.717, 1.165) is 44.5 Å². The summed E-state index contributed by atoms with van der Waals surface area (Å²) in [5.74, 6) is 0.654. The number of thiophene rings is 1. The smallest absolute Gasteiger partial charge is 0.189 e. The normalized spacial score (nSPS) is 13.8. The van der Waals surface area contributed by atoms with Crippen molar-refractivity contribution in [1.29, 1.82) is 0 Å². The fourth-order valence-corrected chi connectivity index (χ4v) is 6.12. The van der Waals surface area contributed by atoms with Crippen molar-refractivity contribution in [2.24, 2.45) is 0 Å². The van der Waals surface area contributed by atoms with Gasteiger partial charge in [-0.15, -0.1) is 23.1 Å². The van der Waals surface area contributed by atoms with E-state index in [0.29, 0.717) is 5.75 Å². The van der Waals surface area contributed by atoms with E-state index in [4.69, 9.17) is 15.0 Å². The van der Waals surface area contributed by atoms with Gasteiger partial charge in [0.05, 0.1) is 16.8 Å². The lowest BCUT2D eigenvalue weighted by molar-refractivity contribution is 0.322. The molecule has 0 radical (unpaired) electrons.